The first-order chi connectivity index (χ1) is 9.32. The highest BCUT2D eigenvalue weighted by molar-refractivity contribution is 7.91. The summed E-state index contributed by atoms with van der Waals surface area (Å²) >= 11 is 6.17. The summed E-state index contributed by atoms with van der Waals surface area (Å²) < 4.78 is 23.1. The summed E-state index contributed by atoms with van der Waals surface area (Å²) in [7, 11) is -0.908. The Balaban J connectivity index is 2.19. The number of nitrogens with zero attached hydrogens (tertiary/aromatic N) is 3. The molecular weight excluding hydrogens is 298 g/mol. The molecule has 1 atom stereocenters. The van der Waals surface area contributed by atoms with Crippen molar-refractivity contribution in [2.45, 2.75) is 26.7 Å². The molecule has 2 heterocycles. The first-order valence-corrected chi connectivity index (χ1v) is 8.97. The maximum Gasteiger partial charge on any atom is 0.150 e. The number of halogens is 1. The van der Waals surface area contributed by atoms with Crippen LogP contribution < -0.4 is 4.90 Å². The molecular formula is C13H20ClN3O2S. The highest BCUT2D eigenvalue weighted by Gasteiger charge is 2.29. The summed E-state index contributed by atoms with van der Waals surface area (Å²) in [6.07, 6.45) is 1.48. The molecule has 0 radical (unpaired) electrons. The van der Waals surface area contributed by atoms with Crippen LogP contribution in [0.2, 0.25) is 5.15 Å². The van der Waals surface area contributed by atoms with Crippen LogP contribution >= 0.6 is 11.6 Å². The molecule has 0 aliphatic carbocycles. The van der Waals surface area contributed by atoms with Gasteiger partial charge in [-0.25, -0.2) is 18.4 Å². The lowest BCUT2D eigenvalue weighted by molar-refractivity contribution is 0.578. The summed E-state index contributed by atoms with van der Waals surface area (Å²) in [5, 5.41) is 0.487. The monoisotopic (exact) mass is 317 g/mol. The van der Waals surface area contributed by atoms with Gasteiger partial charge in [0.1, 0.15) is 16.8 Å². The fourth-order valence-corrected chi connectivity index (χ4v) is 4.85. The van der Waals surface area contributed by atoms with Crippen molar-refractivity contribution in [2.24, 2.45) is 5.92 Å². The molecule has 1 aromatic rings. The third kappa shape index (κ3) is 3.41. The molecule has 0 spiro atoms. The lowest BCUT2D eigenvalue weighted by atomic mass is 10.1. The number of hydrogen-bond acceptors (Lipinski definition) is 5. The quantitative estimate of drug-likeness (QED) is 0.793. The standard InChI is InChI=1S/C13H20ClN3O2S/c1-4-11-12(14)15-9(2)16-13(11)17(3)7-10-5-6-20(18,19)8-10/h10H,4-8H2,1-3H3/t10-/m0/s1. The number of aryl methyl sites for hydroxylation is 1. The minimum absolute atomic E-state index is 0.170. The zero-order valence-corrected chi connectivity index (χ0v) is 13.6. The molecule has 0 N–H and O–H groups in total. The van der Waals surface area contributed by atoms with Crippen LogP contribution in [-0.2, 0) is 16.3 Å². The zero-order valence-electron chi connectivity index (χ0n) is 12.1. The maximum atomic E-state index is 11.5. The Morgan fingerprint density at radius 3 is 2.65 bits per heavy atom. The van der Waals surface area contributed by atoms with Crippen molar-refractivity contribution in [3.05, 3.63) is 16.5 Å². The van der Waals surface area contributed by atoms with E-state index in [0.717, 1.165) is 24.2 Å². The van der Waals surface area contributed by atoms with Gasteiger partial charge in [-0.1, -0.05) is 18.5 Å². The Labute approximate surface area is 125 Å². The van der Waals surface area contributed by atoms with Crippen molar-refractivity contribution in [1.82, 2.24) is 9.97 Å². The summed E-state index contributed by atoms with van der Waals surface area (Å²) in [4.78, 5) is 10.6. The first-order valence-electron chi connectivity index (χ1n) is 6.77. The molecule has 0 aromatic carbocycles. The summed E-state index contributed by atoms with van der Waals surface area (Å²) in [5.41, 5.74) is 0.917. The van der Waals surface area contributed by atoms with E-state index in [1.165, 1.54) is 0 Å². The van der Waals surface area contributed by atoms with Gasteiger partial charge in [-0.15, -0.1) is 0 Å². The summed E-state index contributed by atoms with van der Waals surface area (Å²) in [6.45, 7) is 4.50. The Bertz CT molecular complexity index is 604. The van der Waals surface area contributed by atoms with Crippen molar-refractivity contribution in [2.75, 3.05) is 30.0 Å². The third-order valence-electron chi connectivity index (χ3n) is 3.62. The smallest absolute Gasteiger partial charge is 0.150 e. The van der Waals surface area contributed by atoms with Gasteiger partial charge < -0.3 is 4.90 Å². The molecule has 0 unspecified atom stereocenters. The minimum atomic E-state index is -2.84. The Kier molecular flexibility index (Phi) is 4.54. The molecule has 5 nitrogen and oxygen atoms in total. The van der Waals surface area contributed by atoms with E-state index in [1.807, 2.05) is 25.8 Å². The van der Waals surface area contributed by atoms with E-state index in [2.05, 4.69) is 9.97 Å². The van der Waals surface area contributed by atoms with Crippen LogP contribution in [0, 0.1) is 12.8 Å². The van der Waals surface area contributed by atoms with Crippen LogP contribution in [-0.4, -0.2) is 43.5 Å². The van der Waals surface area contributed by atoms with E-state index in [-0.39, 0.29) is 11.7 Å². The van der Waals surface area contributed by atoms with Gasteiger partial charge >= 0.3 is 0 Å². The van der Waals surface area contributed by atoms with Crippen molar-refractivity contribution >= 4 is 27.3 Å². The SMILES string of the molecule is CCc1c(Cl)nc(C)nc1N(C)C[C@@H]1CCS(=O)(=O)C1. The lowest BCUT2D eigenvalue weighted by Gasteiger charge is -2.24. The van der Waals surface area contributed by atoms with Gasteiger partial charge in [0.25, 0.3) is 0 Å². The van der Waals surface area contributed by atoms with Gasteiger partial charge in [0.2, 0.25) is 0 Å². The molecule has 2 rings (SSSR count). The molecule has 20 heavy (non-hydrogen) atoms. The highest BCUT2D eigenvalue weighted by Crippen LogP contribution is 2.27. The highest BCUT2D eigenvalue weighted by atomic mass is 35.5. The average Bonchev–Trinajstić information content (AvgIpc) is 2.67. The van der Waals surface area contributed by atoms with Gasteiger partial charge in [0.15, 0.2) is 9.84 Å². The molecule has 0 saturated carbocycles. The van der Waals surface area contributed by atoms with Crippen LogP contribution in [0.3, 0.4) is 0 Å². The van der Waals surface area contributed by atoms with Crippen molar-refractivity contribution in [3.8, 4) is 0 Å². The van der Waals surface area contributed by atoms with E-state index < -0.39 is 9.84 Å². The van der Waals surface area contributed by atoms with E-state index >= 15 is 0 Å². The summed E-state index contributed by atoms with van der Waals surface area (Å²) in [5.74, 6) is 2.19. The van der Waals surface area contributed by atoms with Gasteiger partial charge in [-0.05, 0) is 25.7 Å². The fourth-order valence-electron chi connectivity index (χ4n) is 2.66. The first kappa shape index (κ1) is 15.5. The Hall–Kier alpha value is -0.880. The molecule has 1 saturated heterocycles. The minimum Gasteiger partial charge on any atom is -0.359 e. The average molecular weight is 318 g/mol. The molecule has 1 aromatic heterocycles. The largest absolute Gasteiger partial charge is 0.359 e. The van der Waals surface area contributed by atoms with Crippen LogP contribution in [0.1, 0.15) is 24.7 Å². The van der Waals surface area contributed by atoms with Crippen LogP contribution in [0.15, 0.2) is 0 Å². The second-order valence-corrected chi connectivity index (χ2v) is 7.95. The van der Waals surface area contributed by atoms with Crippen molar-refractivity contribution in [3.63, 3.8) is 0 Å². The van der Waals surface area contributed by atoms with E-state index in [9.17, 15) is 8.42 Å². The number of hydrogen-bond donors (Lipinski definition) is 0. The molecule has 1 aliphatic rings. The van der Waals surface area contributed by atoms with E-state index in [4.69, 9.17) is 11.6 Å². The molecule has 0 amide bonds. The number of anilines is 1. The van der Waals surface area contributed by atoms with Crippen LogP contribution in [0.5, 0.6) is 0 Å². The normalized spacial score (nSPS) is 21.1. The predicted molar refractivity (Wildman–Crippen MR) is 81.2 cm³/mol. The Morgan fingerprint density at radius 2 is 2.10 bits per heavy atom. The van der Waals surface area contributed by atoms with Crippen molar-refractivity contribution < 1.29 is 8.42 Å². The van der Waals surface area contributed by atoms with Crippen LogP contribution in [0.25, 0.3) is 0 Å². The third-order valence-corrected chi connectivity index (χ3v) is 5.77. The van der Waals surface area contributed by atoms with Gasteiger partial charge in [-0.3, -0.25) is 0 Å². The van der Waals surface area contributed by atoms with Gasteiger partial charge in [0, 0.05) is 19.2 Å². The molecule has 1 aliphatic heterocycles. The second-order valence-electron chi connectivity index (χ2n) is 5.37. The fraction of sp³-hybridized carbons (Fsp3) is 0.692. The zero-order chi connectivity index (χ0) is 14.9. The van der Waals surface area contributed by atoms with Crippen LogP contribution in [0.4, 0.5) is 5.82 Å². The van der Waals surface area contributed by atoms with E-state index in [0.29, 0.717) is 23.3 Å². The topological polar surface area (TPSA) is 63.2 Å². The second kappa shape index (κ2) is 5.85. The Morgan fingerprint density at radius 1 is 1.40 bits per heavy atom. The number of sulfone groups is 1. The molecule has 7 heteroatoms. The molecule has 0 bridgehead atoms. The van der Waals surface area contributed by atoms with Crippen molar-refractivity contribution in [1.29, 1.82) is 0 Å². The number of aromatic nitrogens is 2. The molecule has 1 fully saturated rings. The van der Waals surface area contributed by atoms with E-state index in [1.54, 1.807) is 0 Å². The predicted octanol–water partition coefficient (Wildman–Crippen LogP) is 1.87. The summed E-state index contributed by atoms with van der Waals surface area (Å²) in [6, 6.07) is 0. The van der Waals surface area contributed by atoms with Gasteiger partial charge in [0.05, 0.1) is 11.5 Å². The molecule has 112 valence electrons. The maximum absolute atomic E-state index is 11.5. The number of rotatable bonds is 4. The lowest BCUT2D eigenvalue weighted by Crippen LogP contribution is -2.28. The van der Waals surface area contributed by atoms with Gasteiger partial charge in [-0.2, -0.15) is 0 Å².